The lowest BCUT2D eigenvalue weighted by Gasteiger charge is -2.11. The van der Waals surface area contributed by atoms with Gasteiger partial charge in [0, 0.05) is 25.5 Å². The van der Waals surface area contributed by atoms with Crippen molar-refractivity contribution in [3.8, 4) is 0 Å². The molecule has 120 valence electrons. The minimum absolute atomic E-state index is 0.181. The number of aryl methyl sites for hydroxylation is 1. The van der Waals surface area contributed by atoms with Gasteiger partial charge in [0.15, 0.2) is 0 Å². The maximum atomic E-state index is 11.7. The van der Waals surface area contributed by atoms with Gasteiger partial charge < -0.3 is 10.2 Å². The quantitative estimate of drug-likeness (QED) is 0.637. The van der Waals surface area contributed by atoms with Crippen LogP contribution in [-0.2, 0) is 4.79 Å². The third-order valence-corrected chi connectivity index (χ3v) is 3.32. The summed E-state index contributed by atoms with van der Waals surface area (Å²) < 4.78 is 0. The Bertz CT molecular complexity index is 660. The number of benzene rings is 2. The molecule has 5 heteroatoms. The lowest BCUT2D eigenvalue weighted by molar-refractivity contribution is -0.119. The fourth-order valence-electron chi connectivity index (χ4n) is 1.93. The summed E-state index contributed by atoms with van der Waals surface area (Å²) in [7, 11) is 3.98. The second kappa shape index (κ2) is 7.98. The van der Waals surface area contributed by atoms with Crippen molar-refractivity contribution in [1.29, 1.82) is 0 Å². The smallest absolute Gasteiger partial charge is 0.259 e. The highest BCUT2D eigenvalue weighted by atomic mass is 16.2. The Morgan fingerprint density at radius 1 is 1.09 bits per heavy atom. The van der Waals surface area contributed by atoms with Gasteiger partial charge in [-0.15, -0.1) is 0 Å². The lowest BCUT2D eigenvalue weighted by atomic mass is 10.2. The van der Waals surface area contributed by atoms with Crippen molar-refractivity contribution in [2.24, 2.45) is 5.10 Å². The van der Waals surface area contributed by atoms with Crippen LogP contribution in [0.25, 0.3) is 0 Å². The number of hydrogen-bond donors (Lipinski definition) is 2. The van der Waals surface area contributed by atoms with E-state index in [4.69, 9.17) is 0 Å². The van der Waals surface area contributed by atoms with Gasteiger partial charge in [-0.05, 0) is 36.8 Å². The molecule has 2 aromatic carbocycles. The topological polar surface area (TPSA) is 56.7 Å². The molecular formula is C18H22N4O. The zero-order valence-electron chi connectivity index (χ0n) is 13.7. The van der Waals surface area contributed by atoms with Crippen LogP contribution in [-0.4, -0.2) is 32.8 Å². The summed E-state index contributed by atoms with van der Waals surface area (Å²) in [5.41, 5.74) is 6.66. The number of rotatable bonds is 6. The first-order valence-corrected chi connectivity index (χ1v) is 7.44. The summed E-state index contributed by atoms with van der Waals surface area (Å²) in [4.78, 5) is 13.8. The maximum absolute atomic E-state index is 11.7. The predicted molar refractivity (Wildman–Crippen MR) is 96.2 cm³/mol. The van der Waals surface area contributed by atoms with Gasteiger partial charge >= 0.3 is 0 Å². The summed E-state index contributed by atoms with van der Waals surface area (Å²) in [6, 6.07) is 15.8. The molecule has 0 unspecified atom stereocenters. The van der Waals surface area contributed by atoms with Crippen LogP contribution in [0.5, 0.6) is 0 Å². The summed E-state index contributed by atoms with van der Waals surface area (Å²) >= 11 is 0. The second-order valence-electron chi connectivity index (χ2n) is 5.50. The van der Waals surface area contributed by atoms with Gasteiger partial charge in [0.2, 0.25) is 0 Å². The highest BCUT2D eigenvalue weighted by molar-refractivity contribution is 5.84. The van der Waals surface area contributed by atoms with E-state index in [1.54, 1.807) is 6.21 Å². The minimum Gasteiger partial charge on any atom is -0.378 e. The molecule has 2 rings (SSSR count). The third-order valence-electron chi connectivity index (χ3n) is 3.32. The van der Waals surface area contributed by atoms with Gasteiger partial charge in [0.1, 0.15) is 0 Å². The van der Waals surface area contributed by atoms with Crippen molar-refractivity contribution in [3.63, 3.8) is 0 Å². The van der Waals surface area contributed by atoms with Crippen LogP contribution in [0.3, 0.4) is 0 Å². The first-order chi connectivity index (χ1) is 11.0. The molecule has 0 bridgehead atoms. The van der Waals surface area contributed by atoms with Crippen LogP contribution in [0.1, 0.15) is 11.1 Å². The number of amides is 1. The van der Waals surface area contributed by atoms with Crippen molar-refractivity contribution in [2.75, 3.05) is 30.9 Å². The monoisotopic (exact) mass is 310 g/mol. The molecule has 2 aromatic rings. The molecule has 5 nitrogen and oxygen atoms in total. The van der Waals surface area contributed by atoms with Crippen molar-refractivity contribution < 1.29 is 4.79 Å². The zero-order chi connectivity index (χ0) is 16.7. The number of hydrogen-bond acceptors (Lipinski definition) is 4. The SMILES string of the molecule is Cc1ccc(NCC(=O)N/N=C/c2ccc(N(C)C)cc2)cc1. The van der Waals surface area contributed by atoms with Gasteiger partial charge in [0.25, 0.3) is 5.91 Å². The molecule has 2 N–H and O–H groups in total. The lowest BCUT2D eigenvalue weighted by Crippen LogP contribution is -2.25. The number of nitrogens with one attached hydrogen (secondary N) is 2. The molecular weight excluding hydrogens is 288 g/mol. The first-order valence-electron chi connectivity index (χ1n) is 7.44. The van der Waals surface area contributed by atoms with E-state index in [9.17, 15) is 4.79 Å². The number of nitrogens with zero attached hydrogens (tertiary/aromatic N) is 2. The van der Waals surface area contributed by atoms with Crippen LogP contribution < -0.4 is 15.6 Å². The van der Waals surface area contributed by atoms with Gasteiger partial charge in [-0.3, -0.25) is 4.79 Å². The Balaban J connectivity index is 1.78. The van der Waals surface area contributed by atoms with Crippen LogP contribution >= 0.6 is 0 Å². The standard InChI is InChI=1S/C18H22N4O/c1-14-4-8-16(9-5-14)19-13-18(23)21-20-12-15-6-10-17(11-7-15)22(2)3/h4-12,19H,13H2,1-3H3,(H,21,23)/b20-12+. The Morgan fingerprint density at radius 2 is 1.74 bits per heavy atom. The van der Waals surface area contributed by atoms with Gasteiger partial charge in [-0.2, -0.15) is 5.10 Å². The van der Waals surface area contributed by atoms with Gasteiger partial charge in [-0.25, -0.2) is 5.43 Å². The van der Waals surface area contributed by atoms with E-state index in [-0.39, 0.29) is 12.5 Å². The average Bonchev–Trinajstić information content (AvgIpc) is 2.55. The Hall–Kier alpha value is -2.82. The van der Waals surface area contributed by atoms with Crippen LogP contribution in [0, 0.1) is 6.92 Å². The largest absolute Gasteiger partial charge is 0.378 e. The molecule has 0 saturated heterocycles. The average molecular weight is 310 g/mol. The summed E-state index contributed by atoms with van der Waals surface area (Å²) in [5, 5.41) is 7.01. The molecule has 0 saturated carbocycles. The molecule has 0 fully saturated rings. The van der Waals surface area contributed by atoms with Crippen LogP contribution in [0.15, 0.2) is 53.6 Å². The van der Waals surface area contributed by atoms with E-state index in [1.807, 2.05) is 74.4 Å². The molecule has 0 heterocycles. The van der Waals surface area contributed by atoms with Gasteiger partial charge in [0.05, 0.1) is 12.8 Å². The minimum atomic E-state index is -0.188. The zero-order valence-corrected chi connectivity index (χ0v) is 13.7. The Morgan fingerprint density at radius 3 is 2.35 bits per heavy atom. The van der Waals surface area contributed by atoms with Crippen LogP contribution in [0.2, 0.25) is 0 Å². The third kappa shape index (κ3) is 5.47. The Kier molecular flexibility index (Phi) is 5.74. The molecule has 0 aliphatic heterocycles. The molecule has 0 aliphatic carbocycles. The number of carbonyl (C=O) groups is 1. The number of anilines is 2. The molecule has 0 atom stereocenters. The Labute approximate surface area is 137 Å². The van der Waals surface area contributed by atoms with E-state index in [1.165, 1.54) is 5.56 Å². The molecule has 1 amide bonds. The second-order valence-corrected chi connectivity index (χ2v) is 5.50. The molecule has 0 radical (unpaired) electrons. The van der Waals surface area contributed by atoms with Crippen molar-refractivity contribution in [1.82, 2.24) is 5.43 Å². The van der Waals surface area contributed by atoms with E-state index in [2.05, 4.69) is 15.8 Å². The van der Waals surface area contributed by atoms with E-state index in [0.717, 1.165) is 16.9 Å². The van der Waals surface area contributed by atoms with Crippen molar-refractivity contribution in [3.05, 3.63) is 59.7 Å². The van der Waals surface area contributed by atoms with Crippen molar-refractivity contribution >= 4 is 23.5 Å². The van der Waals surface area contributed by atoms with Crippen molar-refractivity contribution in [2.45, 2.75) is 6.92 Å². The number of carbonyl (C=O) groups excluding carboxylic acids is 1. The van der Waals surface area contributed by atoms with Crippen LogP contribution in [0.4, 0.5) is 11.4 Å². The van der Waals surface area contributed by atoms with E-state index >= 15 is 0 Å². The van der Waals surface area contributed by atoms with E-state index in [0.29, 0.717) is 0 Å². The first kappa shape index (κ1) is 16.5. The molecule has 0 aromatic heterocycles. The molecule has 23 heavy (non-hydrogen) atoms. The van der Waals surface area contributed by atoms with Gasteiger partial charge in [-0.1, -0.05) is 29.8 Å². The number of hydrazone groups is 1. The van der Waals surface area contributed by atoms with E-state index < -0.39 is 0 Å². The highest BCUT2D eigenvalue weighted by Crippen LogP contribution is 2.11. The summed E-state index contributed by atoms with van der Waals surface area (Å²) in [5.74, 6) is -0.188. The molecule has 0 spiro atoms. The predicted octanol–water partition coefficient (Wildman–Crippen LogP) is 2.62. The molecule has 0 aliphatic rings. The summed E-state index contributed by atoms with van der Waals surface area (Å²) in [6.45, 7) is 2.20. The summed E-state index contributed by atoms with van der Waals surface area (Å²) in [6.07, 6.45) is 1.63. The fraction of sp³-hybridized carbons (Fsp3) is 0.222. The highest BCUT2D eigenvalue weighted by Gasteiger charge is 1.99. The normalized spacial score (nSPS) is 10.6. The fourth-order valence-corrected chi connectivity index (χ4v) is 1.93. The maximum Gasteiger partial charge on any atom is 0.259 e.